The third-order valence-corrected chi connectivity index (χ3v) is 1.67. The highest BCUT2D eigenvalue weighted by atomic mass is 19.1. The maximum atomic E-state index is 13.0. The normalized spacial score (nSPS) is 27.4. The molecule has 2 aliphatic rings. The maximum Gasteiger partial charge on any atom is 0.138 e. The van der Waals surface area contributed by atoms with Gasteiger partial charge < -0.3 is 5.73 Å². The molecule has 1 heterocycles. The van der Waals surface area contributed by atoms with E-state index < -0.39 is 5.92 Å². The van der Waals surface area contributed by atoms with Gasteiger partial charge in [-0.25, -0.2) is 4.39 Å². The molecular formula is C7H6FN3. The zero-order valence-electron chi connectivity index (χ0n) is 5.66. The lowest BCUT2D eigenvalue weighted by atomic mass is 9.97. The van der Waals surface area contributed by atoms with Crippen molar-refractivity contribution in [2.45, 2.75) is 0 Å². The molecule has 0 spiro atoms. The first kappa shape index (κ1) is 6.27. The highest BCUT2D eigenvalue weighted by molar-refractivity contribution is 6.16. The number of hydrogen-bond donors (Lipinski definition) is 1. The smallest absolute Gasteiger partial charge is 0.138 e. The van der Waals surface area contributed by atoms with Gasteiger partial charge in [0.05, 0.1) is 5.71 Å². The van der Waals surface area contributed by atoms with Crippen molar-refractivity contribution in [1.82, 2.24) is 0 Å². The van der Waals surface area contributed by atoms with E-state index in [1.165, 1.54) is 6.08 Å². The van der Waals surface area contributed by atoms with Gasteiger partial charge in [0.25, 0.3) is 0 Å². The molecule has 11 heavy (non-hydrogen) atoms. The Morgan fingerprint density at radius 3 is 3.00 bits per heavy atom. The molecule has 1 atom stereocenters. The fraction of sp³-hybridized carbons (Fsp3) is 0.143. The second-order valence-corrected chi connectivity index (χ2v) is 2.39. The molecule has 0 fully saturated rings. The van der Waals surface area contributed by atoms with Gasteiger partial charge in [-0.05, 0) is 12.2 Å². The zero-order valence-corrected chi connectivity index (χ0v) is 5.66. The molecule has 1 aliphatic carbocycles. The quantitative estimate of drug-likeness (QED) is 0.545. The molecule has 0 aromatic rings. The van der Waals surface area contributed by atoms with Crippen LogP contribution in [0.25, 0.3) is 0 Å². The van der Waals surface area contributed by atoms with Gasteiger partial charge >= 0.3 is 0 Å². The van der Waals surface area contributed by atoms with Crippen LogP contribution in [0.4, 0.5) is 4.39 Å². The first-order chi connectivity index (χ1) is 5.29. The summed E-state index contributed by atoms with van der Waals surface area (Å²) in [6, 6.07) is 0. The molecule has 56 valence electrons. The van der Waals surface area contributed by atoms with Gasteiger partial charge in [0.2, 0.25) is 0 Å². The lowest BCUT2D eigenvalue weighted by Crippen LogP contribution is -2.27. The molecule has 4 heteroatoms. The summed E-state index contributed by atoms with van der Waals surface area (Å²) in [5.41, 5.74) is 5.99. The van der Waals surface area contributed by atoms with Crippen LogP contribution in [0.5, 0.6) is 0 Å². The minimum Gasteiger partial charge on any atom is -0.385 e. The number of amidine groups is 1. The molecule has 0 aromatic carbocycles. The van der Waals surface area contributed by atoms with Crippen LogP contribution in [-0.2, 0) is 0 Å². The Morgan fingerprint density at radius 2 is 2.27 bits per heavy atom. The Labute approximate surface area is 62.8 Å². The molecule has 0 radical (unpaired) electrons. The summed E-state index contributed by atoms with van der Waals surface area (Å²) < 4.78 is 13.0. The van der Waals surface area contributed by atoms with Gasteiger partial charge in [0.15, 0.2) is 0 Å². The van der Waals surface area contributed by atoms with Crippen LogP contribution in [0.1, 0.15) is 0 Å². The monoisotopic (exact) mass is 151 g/mol. The number of nitrogens with two attached hydrogens (primary N) is 1. The van der Waals surface area contributed by atoms with E-state index >= 15 is 0 Å². The van der Waals surface area contributed by atoms with Gasteiger partial charge in [-0.3, -0.25) is 0 Å². The standard InChI is InChI=1S/C7H6FN3/c8-4-2-1-3-5-6(4)7(9)11-10-5/h1-3,6H,(H2,9,11)/t6-/m0/s1. The number of halogens is 1. The third-order valence-electron chi connectivity index (χ3n) is 1.67. The predicted molar refractivity (Wildman–Crippen MR) is 40.9 cm³/mol. The van der Waals surface area contributed by atoms with Crippen LogP contribution in [-0.4, -0.2) is 11.5 Å². The molecule has 2 rings (SSSR count). The van der Waals surface area contributed by atoms with Crippen LogP contribution in [0.15, 0.2) is 34.3 Å². The predicted octanol–water partition coefficient (Wildman–Crippen LogP) is 0.753. The number of rotatable bonds is 0. The fourth-order valence-corrected chi connectivity index (χ4v) is 1.13. The van der Waals surface area contributed by atoms with Crippen LogP contribution < -0.4 is 5.73 Å². The van der Waals surface area contributed by atoms with E-state index in [1.54, 1.807) is 12.2 Å². The summed E-state index contributed by atoms with van der Waals surface area (Å²) in [5.74, 6) is -0.567. The Kier molecular flexibility index (Phi) is 1.15. The lowest BCUT2D eigenvalue weighted by Gasteiger charge is -2.10. The molecule has 0 aromatic heterocycles. The summed E-state index contributed by atoms with van der Waals surface area (Å²) >= 11 is 0. The van der Waals surface area contributed by atoms with Crippen molar-refractivity contribution in [2.24, 2.45) is 21.9 Å². The van der Waals surface area contributed by atoms with Gasteiger partial charge in [0.1, 0.15) is 17.6 Å². The number of hydrogen-bond acceptors (Lipinski definition) is 3. The Bertz CT molecular complexity index is 312. The summed E-state index contributed by atoms with van der Waals surface area (Å²) in [6.07, 6.45) is 4.67. The molecule has 0 saturated heterocycles. The first-order valence-corrected chi connectivity index (χ1v) is 3.23. The summed E-state index contributed by atoms with van der Waals surface area (Å²) in [7, 11) is 0. The maximum absolute atomic E-state index is 13.0. The second-order valence-electron chi connectivity index (χ2n) is 2.39. The van der Waals surface area contributed by atoms with Gasteiger partial charge in [-0.1, -0.05) is 6.08 Å². The van der Waals surface area contributed by atoms with E-state index in [1.807, 2.05) is 0 Å². The van der Waals surface area contributed by atoms with E-state index in [4.69, 9.17) is 5.73 Å². The highest BCUT2D eigenvalue weighted by Gasteiger charge is 2.29. The van der Waals surface area contributed by atoms with E-state index in [0.717, 1.165) is 0 Å². The lowest BCUT2D eigenvalue weighted by molar-refractivity contribution is 0.595. The Hall–Kier alpha value is -1.45. The Balaban J connectivity index is 2.44. The minimum absolute atomic E-state index is 0.234. The second kappa shape index (κ2) is 2.02. The molecule has 0 bridgehead atoms. The average molecular weight is 151 g/mol. The Morgan fingerprint density at radius 1 is 1.45 bits per heavy atom. The van der Waals surface area contributed by atoms with Crippen LogP contribution in [0.2, 0.25) is 0 Å². The topological polar surface area (TPSA) is 50.7 Å². The number of fused-ring (bicyclic) bond motifs is 1. The van der Waals surface area contributed by atoms with Crippen LogP contribution >= 0.6 is 0 Å². The van der Waals surface area contributed by atoms with Gasteiger partial charge in [-0.15, -0.1) is 5.10 Å². The molecule has 0 amide bonds. The van der Waals surface area contributed by atoms with Gasteiger partial charge in [0, 0.05) is 0 Å². The third kappa shape index (κ3) is 0.790. The molecule has 3 nitrogen and oxygen atoms in total. The van der Waals surface area contributed by atoms with E-state index in [9.17, 15) is 4.39 Å². The fourth-order valence-electron chi connectivity index (χ4n) is 1.13. The molecule has 0 saturated carbocycles. The average Bonchev–Trinajstić information content (AvgIpc) is 2.34. The van der Waals surface area contributed by atoms with Gasteiger partial charge in [-0.2, -0.15) is 5.10 Å². The zero-order chi connectivity index (χ0) is 7.84. The van der Waals surface area contributed by atoms with Crippen molar-refractivity contribution in [3.05, 3.63) is 24.1 Å². The van der Waals surface area contributed by atoms with Crippen LogP contribution in [0, 0.1) is 5.92 Å². The van der Waals surface area contributed by atoms with Crippen molar-refractivity contribution in [2.75, 3.05) is 0 Å². The van der Waals surface area contributed by atoms with E-state index in [0.29, 0.717) is 5.71 Å². The van der Waals surface area contributed by atoms with Crippen molar-refractivity contribution in [1.29, 1.82) is 0 Å². The largest absolute Gasteiger partial charge is 0.385 e. The number of allylic oxidation sites excluding steroid dienone is 3. The minimum atomic E-state index is -0.514. The van der Waals surface area contributed by atoms with Crippen molar-refractivity contribution >= 4 is 11.5 Å². The molecule has 0 unspecified atom stereocenters. The van der Waals surface area contributed by atoms with E-state index in [-0.39, 0.29) is 11.7 Å². The molecule has 1 aliphatic heterocycles. The summed E-state index contributed by atoms with van der Waals surface area (Å²) in [6.45, 7) is 0. The van der Waals surface area contributed by atoms with E-state index in [2.05, 4.69) is 10.2 Å². The number of nitrogens with zero attached hydrogens (tertiary/aromatic N) is 2. The van der Waals surface area contributed by atoms with Crippen molar-refractivity contribution < 1.29 is 4.39 Å². The van der Waals surface area contributed by atoms with Crippen molar-refractivity contribution in [3.8, 4) is 0 Å². The van der Waals surface area contributed by atoms with Crippen LogP contribution in [0.3, 0.4) is 0 Å². The van der Waals surface area contributed by atoms with Crippen molar-refractivity contribution in [3.63, 3.8) is 0 Å². The highest BCUT2D eigenvalue weighted by Crippen LogP contribution is 2.23. The summed E-state index contributed by atoms with van der Waals surface area (Å²) in [5, 5.41) is 7.28. The molecule has 2 N–H and O–H groups in total. The first-order valence-electron chi connectivity index (χ1n) is 3.23. The summed E-state index contributed by atoms with van der Waals surface area (Å²) in [4.78, 5) is 0. The molecular weight excluding hydrogens is 145 g/mol. The SMILES string of the molecule is NC1=NN=C2C=CC=C(F)[C@H]12.